The van der Waals surface area contributed by atoms with Gasteiger partial charge in [0.15, 0.2) is 0 Å². The van der Waals surface area contributed by atoms with Gasteiger partial charge in [-0.3, -0.25) is 14.4 Å². The van der Waals surface area contributed by atoms with Crippen molar-refractivity contribution >= 4 is 24.0 Å². The molecule has 0 aromatic heterocycles. The average Bonchev–Trinajstić information content (AvgIpc) is 3.34. The van der Waals surface area contributed by atoms with Crippen LogP contribution in [0.2, 0.25) is 0 Å². The van der Waals surface area contributed by atoms with E-state index >= 15 is 0 Å². The molecule has 0 heterocycles. The van der Waals surface area contributed by atoms with Crippen LogP contribution in [0.1, 0.15) is 311 Å². The lowest BCUT2D eigenvalue weighted by molar-refractivity contribution is -0.151. The first-order valence-electron chi connectivity index (χ1n) is 30.7. The van der Waals surface area contributed by atoms with Crippen molar-refractivity contribution in [3.63, 3.8) is 0 Å². The van der Waals surface area contributed by atoms with Gasteiger partial charge in [0, 0.05) is 32.4 Å². The van der Waals surface area contributed by atoms with E-state index in [0.29, 0.717) is 32.4 Å². The van der Waals surface area contributed by atoms with Crippen molar-refractivity contribution in [1.29, 1.82) is 0 Å². The summed E-state index contributed by atoms with van der Waals surface area (Å²) in [5.41, 5.74) is 0. The molecule has 10 nitrogen and oxygen atoms in total. The Morgan fingerprint density at radius 3 is 0.986 bits per heavy atom. The Balaban J connectivity index is 5.18. The van der Waals surface area contributed by atoms with Crippen LogP contribution < -0.4 is 0 Å². The van der Waals surface area contributed by atoms with Crippen LogP contribution in [0.5, 0.6) is 0 Å². The fraction of sp³-hybridized carbons (Fsp3) is 0.934. The zero-order valence-electron chi connectivity index (χ0n) is 48.3. The molecule has 0 spiro atoms. The highest BCUT2D eigenvalue weighted by molar-refractivity contribution is 5.70. The lowest BCUT2D eigenvalue weighted by Gasteiger charge is -2.26. The standard InChI is InChI=1S/C61H118N2O8/c1-9-14-18-31-42-55(43-32-19-15-10-2)69-59(65)49-37-28-24-22-26-35-46-57(71-61(67)63(53-41-51-62(7)8)52-40-30-39-48-58(64)68-54(6)13-5)47-36-27-23-25-29-38-50-60(66)70-56(44-33-20-16-11-3)45-34-21-17-12-4/h54-57H,9-53H2,1-8H3. The number of unbranched alkanes of at least 4 members (excludes halogenated alkanes) is 24. The lowest BCUT2D eigenvalue weighted by atomic mass is 10.0. The van der Waals surface area contributed by atoms with Crippen molar-refractivity contribution in [3.8, 4) is 0 Å². The van der Waals surface area contributed by atoms with Gasteiger partial charge in [0.2, 0.25) is 0 Å². The minimum Gasteiger partial charge on any atom is -0.463 e. The predicted molar refractivity (Wildman–Crippen MR) is 298 cm³/mol. The molecule has 420 valence electrons. The molecule has 1 unspecified atom stereocenters. The monoisotopic (exact) mass is 1010 g/mol. The molecule has 71 heavy (non-hydrogen) atoms. The van der Waals surface area contributed by atoms with Crippen molar-refractivity contribution in [2.24, 2.45) is 0 Å². The molecule has 1 amide bonds. The lowest BCUT2D eigenvalue weighted by Crippen LogP contribution is -2.37. The van der Waals surface area contributed by atoms with Crippen LogP contribution in [0.4, 0.5) is 4.79 Å². The van der Waals surface area contributed by atoms with Gasteiger partial charge in [0.1, 0.15) is 18.3 Å². The highest BCUT2D eigenvalue weighted by Gasteiger charge is 2.21. The maximum absolute atomic E-state index is 13.9. The molecule has 0 rings (SSSR count). The molecule has 0 saturated heterocycles. The summed E-state index contributed by atoms with van der Waals surface area (Å²) in [5, 5.41) is 0. The SMILES string of the molecule is CCCCCCC(CCCCCC)OC(=O)CCCCCCCCC(CCCCCCCCC(=O)OC(CCCCCC)CCCCCC)OC(=O)N(CCCCCC(=O)OC(C)CC)CCCN(C)C. The van der Waals surface area contributed by atoms with Crippen molar-refractivity contribution < 1.29 is 38.1 Å². The molecular formula is C61H118N2O8. The number of rotatable bonds is 53. The van der Waals surface area contributed by atoms with E-state index in [1.165, 1.54) is 77.0 Å². The van der Waals surface area contributed by atoms with E-state index in [1.807, 2.05) is 18.7 Å². The van der Waals surface area contributed by atoms with Gasteiger partial charge in [0.05, 0.1) is 6.10 Å². The number of carbonyl (C=O) groups is 4. The molecule has 0 saturated carbocycles. The van der Waals surface area contributed by atoms with E-state index in [9.17, 15) is 19.2 Å². The van der Waals surface area contributed by atoms with E-state index in [4.69, 9.17) is 18.9 Å². The third kappa shape index (κ3) is 45.9. The second-order valence-corrected chi connectivity index (χ2v) is 21.6. The summed E-state index contributed by atoms with van der Waals surface area (Å²) in [4.78, 5) is 55.8. The maximum Gasteiger partial charge on any atom is 0.410 e. The molecule has 0 aliphatic heterocycles. The van der Waals surface area contributed by atoms with Crippen LogP contribution in [0, 0.1) is 0 Å². The summed E-state index contributed by atoms with van der Waals surface area (Å²) >= 11 is 0. The zero-order chi connectivity index (χ0) is 52.4. The number of nitrogens with zero attached hydrogens (tertiary/aromatic N) is 2. The number of hydrogen-bond donors (Lipinski definition) is 0. The van der Waals surface area contributed by atoms with Gasteiger partial charge in [-0.25, -0.2) is 4.79 Å². The van der Waals surface area contributed by atoms with E-state index in [-0.39, 0.29) is 48.4 Å². The Morgan fingerprint density at radius 1 is 0.338 bits per heavy atom. The van der Waals surface area contributed by atoms with Crippen LogP contribution in [0.3, 0.4) is 0 Å². The van der Waals surface area contributed by atoms with Gasteiger partial charge >= 0.3 is 24.0 Å². The molecule has 1 atom stereocenters. The number of carbonyl (C=O) groups excluding carboxylic acids is 4. The normalized spacial score (nSPS) is 12.1. The number of hydrogen-bond acceptors (Lipinski definition) is 9. The van der Waals surface area contributed by atoms with Crippen molar-refractivity contribution in [3.05, 3.63) is 0 Å². The molecule has 0 aromatic rings. The zero-order valence-corrected chi connectivity index (χ0v) is 48.3. The van der Waals surface area contributed by atoms with Gasteiger partial charge in [-0.05, 0) is 143 Å². The van der Waals surface area contributed by atoms with Gasteiger partial charge in [-0.15, -0.1) is 0 Å². The Kier molecular flexibility index (Phi) is 49.4. The van der Waals surface area contributed by atoms with E-state index in [0.717, 1.165) is 180 Å². The summed E-state index contributed by atoms with van der Waals surface area (Å²) < 4.78 is 23.9. The molecule has 0 aliphatic rings. The van der Waals surface area contributed by atoms with Gasteiger partial charge in [-0.2, -0.15) is 0 Å². The van der Waals surface area contributed by atoms with Crippen molar-refractivity contribution in [2.45, 2.75) is 336 Å². The van der Waals surface area contributed by atoms with E-state index in [2.05, 4.69) is 46.7 Å². The molecular weight excluding hydrogens is 889 g/mol. The summed E-state index contributed by atoms with van der Waals surface area (Å²) in [6, 6.07) is 0. The van der Waals surface area contributed by atoms with Crippen molar-refractivity contribution in [1.82, 2.24) is 9.80 Å². The molecule has 0 N–H and O–H groups in total. The minimum atomic E-state index is -0.211. The summed E-state index contributed by atoms with van der Waals surface area (Å²) in [6.07, 6.45) is 42.9. The molecule has 0 aromatic carbocycles. The van der Waals surface area contributed by atoms with Crippen LogP contribution >= 0.6 is 0 Å². The Hall–Kier alpha value is -2.36. The third-order valence-corrected chi connectivity index (χ3v) is 14.2. The number of amides is 1. The molecule has 0 radical (unpaired) electrons. The quantitative estimate of drug-likeness (QED) is 0.0334. The Bertz CT molecular complexity index is 1130. The van der Waals surface area contributed by atoms with E-state index < -0.39 is 0 Å². The van der Waals surface area contributed by atoms with Crippen LogP contribution in [0.15, 0.2) is 0 Å². The first kappa shape index (κ1) is 68.6. The summed E-state index contributed by atoms with van der Waals surface area (Å²) in [7, 11) is 4.12. The smallest absolute Gasteiger partial charge is 0.410 e. The molecule has 0 fully saturated rings. The topological polar surface area (TPSA) is 112 Å². The highest BCUT2D eigenvalue weighted by Crippen LogP contribution is 2.22. The Labute approximate surface area is 439 Å². The van der Waals surface area contributed by atoms with Crippen LogP contribution in [0.25, 0.3) is 0 Å². The second kappa shape index (κ2) is 51.1. The van der Waals surface area contributed by atoms with Crippen LogP contribution in [-0.4, -0.2) is 91.9 Å². The fourth-order valence-electron chi connectivity index (χ4n) is 9.37. The van der Waals surface area contributed by atoms with Crippen molar-refractivity contribution in [2.75, 3.05) is 33.7 Å². The highest BCUT2D eigenvalue weighted by atomic mass is 16.6. The summed E-state index contributed by atoms with van der Waals surface area (Å²) in [6.45, 7) is 15.1. The van der Waals surface area contributed by atoms with Gasteiger partial charge in [-0.1, -0.05) is 169 Å². The molecule has 0 aliphatic carbocycles. The summed E-state index contributed by atoms with van der Waals surface area (Å²) in [5.74, 6) is -0.180. The second-order valence-electron chi connectivity index (χ2n) is 21.6. The number of ether oxygens (including phenoxy) is 4. The van der Waals surface area contributed by atoms with Gasteiger partial charge < -0.3 is 28.7 Å². The predicted octanol–water partition coefficient (Wildman–Crippen LogP) is 17.6. The molecule has 10 heteroatoms. The number of esters is 3. The maximum atomic E-state index is 13.9. The minimum absolute atomic E-state index is 0.0202. The average molecular weight is 1010 g/mol. The Morgan fingerprint density at radius 2 is 0.634 bits per heavy atom. The van der Waals surface area contributed by atoms with E-state index in [1.54, 1.807) is 0 Å². The molecule has 0 bridgehead atoms. The first-order chi connectivity index (χ1) is 34.5. The fourth-order valence-corrected chi connectivity index (χ4v) is 9.37. The van der Waals surface area contributed by atoms with Crippen LogP contribution in [-0.2, 0) is 33.3 Å². The largest absolute Gasteiger partial charge is 0.463 e. The third-order valence-electron chi connectivity index (χ3n) is 14.2. The van der Waals surface area contributed by atoms with Gasteiger partial charge in [0.25, 0.3) is 0 Å². The first-order valence-corrected chi connectivity index (χ1v) is 30.7.